The number of nitrogens with zero attached hydrogens (tertiary/aromatic N) is 2. The summed E-state index contributed by atoms with van der Waals surface area (Å²) in [7, 11) is 0. The second-order valence-corrected chi connectivity index (χ2v) is 5.27. The van der Waals surface area contributed by atoms with Gasteiger partial charge >= 0.3 is 0 Å². The number of carbonyl (C=O) groups is 1. The van der Waals surface area contributed by atoms with Crippen LogP contribution in [0.5, 0.6) is 0 Å². The van der Waals surface area contributed by atoms with E-state index in [2.05, 4.69) is 20.9 Å². The molecule has 0 N–H and O–H groups in total. The minimum atomic E-state index is -0.335. The number of fused-ring (bicyclic) bond motifs is 1. The number of anilines is 1. The van der Waals surface area contributed by atoms with Gasteiger partial charge in [0.1, 0.15) is 11.6 Å². The number of carbonyl (C=O) groups excluding carboxylic acids is 1. The van der Waals surface area contributed by atoms with Crippen LogP contribution < -0.4 is 4.90 Å². The van der Waals surface area contributed by atoms with Crippen LogP contribution in [0.4, 0.5) is 10.2 Å². The van der Waals surface area contributed by atoms with Crippen molar-refractivity contribution in [3.63, 3.8) is 0 Å². The highest BCUT2D eigenvalue weighted by Crippen LogP contribution is 2.47. The Bertz CT molecular complexity index is 491. The van der Waals surface area contributed by atoms with Crippen molar-refractivity contribution in [2.75, 3.05) is 11.4 Å². The third-order valence-electron chi connectivity index (χ3n) is 3.35. The maximum atomic E-state index is 13.7. The zero-order chi connectivity index (χ0) is 11.4. The average Bonchev–Trinajstić information content (AvgIpc) is 2.96. The smallest absolute Gasteiger partial charge is 0.231 e. The Balaban J connectivity index is 2.01. The van der Waals surface area contributed by atoms with E-state index in [-0.39, 0.29) is 17.6 Å². The van der Waals surface area contributed by atoms with Crippen LogP contribution in [0.3, 0.4) is 0 Å². The van der Waals surface area contributed by atoms with Crippen LogP contribution >= 0.6 is 15.9 Å². The standard InChI is InChI=1S/C11H10BrFN2O/c1-5-9(13)8(12)3-14-10(5)15-4-6-2-7(6)11(15)16/h3,6-7H,2,4H2,1H3/t6-,7-/m1/s1. The molecule has 1 aromatic rings. The third-order valence-corrected chi connectivity index (χ3v) is 3.91. The van der Waals surface area contributed by atoms with Gasteiger partial charge in [0, 0.05) is 24.2 Å². The molecule has 0 unspecified atom stereocenters. The highest BCUT2D eigenvalue weighted by atomic mass is 79.9. The largest absolute Gasteiger partial charge is 0.296 e. The second-order valence-electron chi connectivity index (χ2n) is 4.42. The van der Waals surface area contributed by atoms with Crippen molar-refractivity contribution in [1.29, 1.82) is 0 Å². The van der Waals surface area contributed by atoms with Crippen molar-refractivity contribution in [1.82, 2.24) is 4.98 Å². The first kappa shape index (κ1) is 10.2. The lowest BCUT2D eigenvalue weighted by Gasteiger charge is -2.19. The summed E-state index contributed by atoms with van der Waals surface area (Å²) >= 11 is 3.08. The van der Waals surface area contributed by atoms with Crippen LogP contribution in [-0.2, 0) is 4.79 Å². The summed E-state index contributed by atoms with van der Waals surface area (Å²) in [4.78, 5) is 17.6. The molecule has 0 aromatic carbocycles. The number of halogens is 2. The minimum Gasteiger partial charge on any atom is -0.296 e. The van der Waals surface area contributed by atoms with E-state index in [1.165, 1.54) is 6.20 Å². The van der Waals surface area contributed by atoms with Gasteiger partial charge in [-0.05, 0) is 35.2 Å². The molecule has 16 heavy (non-hydrogen) atoms. The number of amides is 1. The van der Waals surface area contributed by atoms with Gasteiger partial charge in [-0.25, -0.2) is 9.37 Å². The summed E-state index contributed by atoms with van der Waals surface area (Å²) in [5.41, 5.74) is 0.434. The van der Waals surface area contributed by atoms with E-state index in [9.17, 15) is 9.18 Å². The molecule has 2 heterocycles. The number of rotatable bonds is 1. The van der Waals surface area contributed by atoms with Gasteiger partial charge < -0.3 is 0 Å². The van der Waals surface area contributed by atoms with Crippen molar-refractivity contribution >= 4 is 27.7 Å². The van der Waals surface area contributed by atoms with Crippen molar-refractivity contribution in [2.24, 2.45) is 11.8 Å². The molecule has 1 aromatic heterocycles. The van der Waals surface area contributed by atoms with Crippen LogP contribution in [0.25, 0.3) is 0 Å². The fourth-order valence-corrected chi connectivity index (χ4v) is 2.69. The maximum absolute atomic E-state index is 13.7. The van der Waals surface area contributed by atoms with E-state index >= 15 is 0 Å². The van der Waals surface area contributed by atoms with Crippen LogP contribution in [-0.4, -0.2) is 17.4 Å². The van der Waals surface area contributed by atoms with Gasteiger partial charge in [-0.2, -0.15) is 0 Å². The molecule has 2 aliphatic rings. The maximum Gasteiger partial charge on any atom is 0.231 e. The quantitative estimate of drug-likeness (QED) is 0.793. The van der Waals surface area contributed by atoms with Gasteiger partial charge in [0.15, 0.2) is 0 Å². The van der Waals surface area contributed by atoms with Crippen molar-refractivity contribution in [3.8, 4) is 0 Å². The van der Waals surface area contributed by atoms with E-state index < -0.39 is 0 Å². The Hall–Kier alpha value is -0.970. The van der Waals surface area contributed by atoms with Gasteiger partial charge in [-0.1, -0.05) is 0 Å². The van der Waals surface area contributed by atoms with Gasteiger partial charge in [0.05, 0.1) is 4.47 Å². The average molecular weight is 285 g/mol. The van der Waals surface area contributed by atoms with Crippen molar-refractivity contribution < 1.29 is 9.18 Å². The topological polar surface area (TPSA) is 33.2 Å². The molecule has 1 saturated carbocycles. The molecule has 84 valence electrons. The number of piperidine rings is 1. The van der Waals surface area contributed by atoms with Crippen LogP contribution in [0.2, 0.25) is 0 Å². The molecular formula is C11H10BrFN2O. The summed E-state index contributed by atoms with van der Waals surface area (Å²) in [6.07, 6.45) is 2.41. The molecular weight excluding hydrogens is 275 g/mol. The molecule has 0 bridgehead atoms. The molecule has 1 amide bonds. The van der Waals surface area contributed by atoms with Gasteiger partial charge in [-0.15, -0.1) is 0 Å². The molecule has 5 heteroatoms. The van der Waals surface area contributed by atoms with Gasteiger partial charge in [-0.3, -0.25) is 9.69 Å². The number of pyridine rings is 1. The van der Waals surface area contributed by atoms with Gasteiger partial charge in [0.25, 0.3) is 0 Å². The Morgan fingerprint density at radius 3 is 3.00 bits per heavy atom. The first-order valence-corrected chi connectivity index (χ1v) is 6.01. The number of aromatic nitrogens is 1. The first-order valence-electron chi connectivity index (χ1n) is 5.21. The summed E-state index contributed by atoms with van der Waals surface area (Å²) in [6.45, 7) is 2.35. The number of hydrogen-bond acceptors (Lipinski definition) is 2. The summed E-state index contributed by atoms with van der Waals surface area (Å²) in [5, 5.41) is 0. The summed E-state index contributed by atoms with van der Waals surface area (Å²) < 4.78 is 14.0. The van der Waals surface area contributed by atoms with Crippen LogP contribution in [0.1, 0.15) is 12.0 Å². The molecule has 1 saturated heterocycles. The first-order chi connectivity index (χ1) is 7.59. The Labute approximate surface area is 101 Å². The molecule has 3 nitrogen and oxygen atoms in total. The fourth-order valence-electron chi connectivity index (χ4n) is 2.29. The number of hydrogen-bond donors (Lipinski definition) is 0. The zero-order valence-corrected chi connectivity index (χ0v) is 10.3. The third kappa shape index (κ3) is 1.30. The van der Waals surface area contributed by atoms with Gasteiger partial charge in [0.2, 0.25) is 5.91 Å². The zero-order valence-electron chi connectivity index (χ0n) is 8.70. The lowest BCUT2D eigenvalue weighted by Crippen LogP contribution is -2.29. The molecule has 2 fully saturated rings. The molecule has 0 radical (unpaired) electrons. The van der Waals surface area contributed by atoms with Crippen LogP contribution in [0.15, 0.2) is 10.7 Å². The lowest BCUT2D eigenvalue weighted by atomic mass is 10.2. The predicted octanol–water partition coefficient (Wildman–Crippen LogP) is 2.27. The summed E-state index contributed by atoms with van der Waals surface area (Å²) in [6, 6.07) is 0. The molecule has 0 spiro atoms. The predicted molar refractivity (Wildman–Crippen MR) is 60.6 cm³/mol. The molecule has 1 aliphatic heterocycles. The van der Waals surface area contributed by atoms with E-state index in [1.54, 1.807) is 11.8 Å². The molecule has 3 rings (SSSR count). The fraction of sp³-hybridized carbons (Fsp3) is 0.455. The lowest BCUT2D eigenvalue weighted by molar-refractivity contribution is -0.118. The Morgan fingerprint density at radius 2 is 2.38 bits per heavy atom. The highest BCUT2D eigenvalue weighted by molar-refractivity contribution is 9.10. The Morgan fingerprint density at radius 1 is 1.62 bits per heavy atom. The van der Waals surface area contributed by atoms with E-state index in [0.29, 0.717) is 28.3 Å². The Kier molecular flexibility index (Phi) is 2.08. The second kappa shape index (κ2) is 3.26. The van der Waals surface area contributed by atoms with Crippen LogP contribution in [0, 0.1) is 24.6 Å². The van der Waals surface area contributed by atoms with E-state index in [0.717, 1.165) is 6.42 Å². The summed E-state index contributed by atoms with van der Waals surface area (Å²) in [5.74, 6) is 0.881. The van der Waals surface area contributed by atoms with E-state index in [4.69, 9.17) is 0 Å². The SMILES string of the molecule is Cc1c(N2C[C@H]3C[C@H]3C2=O)ncc(Br)c1F. The molecule has 2 atom stereocenters. The van der Waals surface area contributed by atoms with Crippen molar-refractivity contribution in [3.05, 3.63) is 22.1 Å². The van der Waals surface area contributed by atoms with Crippen molar-refractivity contribution in [2.45, 2.75) is 13.3 Å². The molecule has 1 aliphatic carbocycles. The monoisotopic (exact) mass is 284 g/mol. The normalized spacial score (nSPS) is 27.2. The van der Waals surface area contributed by atoms with E-state index in [1.807, 2.05) is 0 Å². The minimum absolute atomic E-state index is 0.0994. The highest BCUT2D eigenvalue weighted by Gasteiger charge is 2.53.